The standard InChI is InChI=1S/C37H27F9O2/c1-2-3-4-5-22-6-8-23(9-7-22)25-12-17-30(32(39)18-25)36(42,43)47-28-15-16-29(31(38)21-28)26-19-33(40)35(34(41)20-26)24-10-13-27(14-11-24)48-37(44,45)46/h6-21H,2-5H2,1H3. The summed E-state index contributed by atoms with van der Waals surface area (Å²) in [6.07, 6.45) is -5.03. The average molecular weight is 675 g/mol. The molecule has 0 aromatic heterocycles. The minimum Gasteiger partial charge on any atom is -0.429 e. The molecule has 0 fully saturated rings. The first kappa shape index (κ1) is 34.4. The third-order valence-electron chi connectivity index (χ3n) is 7.56. The van der Waals surface area contributed by atoms with E-state index in [9.17, 15) is 26.3 Å². The predicted octanol–water partition coefficient (Wildman–Crippen LogP) is 12.0. The van der Waals surface area contributed by atoms with Gasteiger partial charge in [0.1, 0.15) is 34.8 Å². The molecule has 0 bridgehead atoms. The Labute approximate surface area is 270 Å². The molecule has 48 heavy (non-hydrogen) atoms. The second kappa shape index (κ2) is 14.0. The quantitative estimate of drug-likeness (QED) is 0.103. The van der Waals surface area contributed by atoms with Gasteiger partial charge >= 0.3 is 12.5 Å². The maximum absolute atomic E-state index is 15.1. The van der Waals surface area contributed by atoms with Crippen molar-refractivity contribution in [2.75, 3.05) is 0 Å². The lowest BCUT2D eigenvalue weighted by molar-refractivity contribution is -0.274. The molecule has 250 valence electrons. The fraction of sp³-hybridized carbons (Fsp3) is 0.189. The molecule has 0 saturated heterocycles. The number of benzene rings is 5. The van der Waals surface area contributed by atoms with Crippen LogP contribution in [0.25, 0.3) is 33.4 Å². The van der Waals surface area contributed by atoms with Crippen LogP contribution in [0.15, 0.2) is 97.1 Å². The number of hydrogen-bond acceptors (Lipinski definition) is 2. The number of rotatable bonds is 11. The molecule has 0 spiro atoms. The molecule has 5 rings (SSSR count). The Balaban J connectivity index is 1.31. The van der Waals surface area contributed by atoms with E-state index in [-0.39, 0.29) is 16.7 Å². The topological polar surface area (TPSA) is 18.5 Å². The molecular weight excluding hydrogens is 647 g/mol. The molecule has 0 aliphatic heterocycles. The van der Waals surface area contributed by atoms with E-state index in [2.05, 4.69) is 16.4 Å². The molecule has 11 heteroatoms. The lowest BCUT2D eigenvalue weighted by Crippen LogP contribution is -2.23. The lowest BCUT2D eigenvalue weighted by Gasteiger charge is -2.20. The molecule has 0 amide bonds. The third-order valence-corrected chi connectivity index (χ3v) is 7.56. The van der Waals surface area contributed by atoms with Crippen molar-refractivity contribution in [3.05, 3.63) is 131 Å². The first-order chi connectivity index (χ1) is 22.7. The van der Waals surface area contributed by atoms with E-state index in [1.165, 1.54) is 6.07 Å². The van der Waals surface area contributed by atoms with Crippen LogP contribution in [0.4, 0.5) is 39.5 Å². The first-order valence-corrected chi connectivity index (χ1v) is 14.9. The Hall–Kier alpha value is -4.93. The zero-order chi connectivity index (χ0) is 34.6. The minimum atomic E-state index is -4.96. The normalized spacial score (nSPS) is 11.9. The van der Waals surface area contributed by atoms with Crippen molar-refractivity contribution < 1.29 is 49.0 Å². The van der Waals surface area contributed by atoms with Gasteiger partial charge in [0.05, 0.1) is 11.1 Å². The van der Waals surface area contributed by atoms with Crippen molar-refractivity contribution >= 4 is 0 Å². The summed E-state index contributed by atoms with van der Waals surface area (Å²) >= 11 is 0. The summed E-state index contributed by atoms with van der Waals surface area (Å²) in [7, 11) is 0. The van der Waals surface area contributed by atoms with Gasteiger partial charge in [-0.05, 0) is 89.2 Å². The summed E-state index contributed by atoms with van der Waals surface area (Å²) in [5, 5.41) is 0. The number of aryl methyl sites for hydroxylation is 1. The molecule has 0 aliphatic rings. The number of hydrogen-bond donors (Lipinski definition) is 0. The highest BCUT2D eigenvalue weighted by atomic mass is 19.4. The van der Waals surface area contributed by atoms with E-state index in [1.54, 1.807) is 12.1 Å². The summed E-state index contributed by atoms with van der Waals surface area (Å²) < 4.78 is 136. The van der Waals surface area contributed by atoms with Crippen molar-refractivity contribution in [1.82, 2.24) is 0 Å². The number of unbranched alkanes of at least 4 members (excludes halogenated alkanes) is 2. The van der Waals surface area contributed by atoms with Crippen LogP contribution in [0.1, 0.15) is 37.3 Å². The molecule has 0 unspecified atom stereocenters. The Morgan fingerprint density at radius 2 is 1.10 bits per heavy atom. The van der Waals surface area contributed by atoms with Crippen LogP contribution in [0.3, 0.4) is 0 Å². The monoisotopic (exact) mass is 674 g/mol. The molecular formula is C37H27F9O2. The van der Waals surface area contributed by atoms with E-state index < -0.39 is 58.4 Å². The van der Waals surface area contributed by atoms with Crippen molar-refractivity contribution in [2.45, 2.75) is 45.1 Å². The SMILES string of the molecule is CCCCCc1ccc(-c2ccc(C(F)(F)Oc3ccc(-c4cc(F)c(-c5ccc(OC(F)(F)F)cc5)c(F)c4)c(F)c3)c(F)c2)cc1. The predicted molar refractivity (Wildman–Crippen MR) is 163 cm³/mol. The molecule has 2 nitrogen and oxygen atoms in total. The van der Waals surface area contributed by atoms with E-state index in [4.69, 9.17) is 0 Å². The van der Waals surface area contributed by atoms with E-state index >= 15 is 13.2 Å². The maximum atomic E-state index is 15.1. The van der Waals surface area contributed by atoms with Gasteiger partial charge < -0.3 is 9.47 Å². The Kier molecular flexibility index (Phi) is 10.1. The van der Waals surface area contributed by atoms with E-state index in [1.807, 2.05) is 12.1 Å². The molecule has 0 heterocycles. The Morgan fingerprint density at radius 1 is 0.521 bits per heavy atom. The molecule has 0 N–H and O–H groups in total. The van der Waals surface area contributed by atoms with Gasteiger partial charge in [-0.3, -0.25) is 0 Å². The number of halogens is 9. The van der Waals surface area contributed by atoms with E-state index in [0.717, 1.165) is 91.9 Å². The lowest BCUT2D eigenvalue weighted by atomic mass is 9.98. The van der Waals surface area contributed by atoms with Crippen molar-refractivity contribution in [3.63, 3.8) is 0 Å². The van der Waals surface area contributed by atoms with Crippen LogP contribution in [0, 0.1) is 23.3 Å². The fourth-order valence-electron chi connectivity index (χ4n) is 5.20. The smallest absolute Gasteiger partial charge is 0.429 e. The minimum absolute atomic E-state index is 0.117. The second-order valence-corrected chi connectivity index (χ2v) is 11.0. The third kappa shape index (κ3) is 8.13. The zero-order valence-electron chi connectivity index (χ0n) is 25.3. The maximum Gasteiger partial charge on any atom is 0.573 e. The summed E-state index contributed by atoms with van der Waals surface area (Å²) in [6, 6.07) is 18.3. The fourth-order valence-corrected chi connectivity index (χ4v) is 5.20. The highest BCUT2D eigenvalue weighted by Crippen LogP contribution is 2.38. The molecule has 5 aromatic rings. The first-order valence-electron chi connectivity index (χ1n) is 14.9. The van der Waals surface area contributed by atoms with Gasteiger partial charge in [0.15, 0.2) is 0 Å². The van der Waals surface area contributed by atoms with Crippen LogP contribution < -0.4 is 9.47 Å². The van der Waals surface area contributed by atoms with Gasteiger partial charge in [-0.2, -0.15) is 8.78 Å². The van der Waals surface area contributed by atoms with Crippen molar-refractivity contribution in [3.8, 4) is 44.9 Å². The van der Waals surface area contributed by atoms with Crippen molar-refractivity contribution in [2.24, 2.45) is 0 Å². The Bertz CT molecular complexity index is 1860. The van der Waals surface area contributed by atoms with Gasteiger partial charge in [0, 0.05) is 11.6 Å². The highest BCUT2D eigenvalue weighted by Gasteiger charge is 2.38. The highest BCUT2D eigenvalue weighted by molar-refractivity contribution is 5.73. The van der Waals surface area contributed by atoms with Gasteiger partial charge in [-0.25, -0.2) is 17.6 Å². The van der Waals surface area contributed by atoms with Gasteiger partial charge in [0.2, 0.25) is 0 Å². The van der Waals surface area contributed by atoms with Gasteiger partial charge in [0.25, 0.3) is 0 Å². The summed E-state index contributed by atoms with van der Waals surface area (Å²) in [5.74, 6) is -6.02. The molecule has 0 aliphatic carbocycles. The largest absolute Gasteiger partial charge is 0.573 e. The van der Waals surface area contributed by atoms with Crippen LogP contribution in [0.2, 0.25) is 0 Å². The molecule has 0 saturated carbocycles. The number of alkyl halides is 5. The average Bonchev–Trinajstić information content (AvgIpc) is 3.01. The van der Waals surface area contributed by atoms with Gasteiger partial charge in [-0.15, -0.1) is 13.2 Å². The summed E-state index contributed by atoms with van der Waals surface area (Å²) in [5.41, 5.74) is -0.325. The van der Waals surface area contributed by atoms with Crippen LogP contribution >= 0.6 is 0 Å². The number of ether oxygens (including phenoxy) is 2. The Morgan fingerprint density at radius 3 is 1.69 bits per heavy atom. The second-order valence-electron chi connectivity index (χ2n) is 11.0. The molecule has 5 aromatic carbocycles. The zero-order valence-corrected chi connectivity index (χ0v) is 25.3. The molecule has 0 radical (unpaired) electrons. The van der Waals surface area contributed by atoms with E-state index in [0.29, 0.717) is 17.2 Å². The van der Waals surface area contributed by atoms with Crippen molar-refractivity contribution in [1.29, 1.82) is 0 Å². The summed E-state index contributed by atoms with van der Waals surface area (Å²) in [6.45, 7) is 2.11. The summed E-state index contributed by atoms with van der Waals surface area (Å²) in [4.78, 5) is 0. The van der Waals surface area contributed by atoms with Gasteiger partial charge in [-0.1, -0.05) is 62.2 Å². The molecule has 0 atom stereocenters. The van der Waals surface area contributed by atoms with Crippen LogP contribution in [-0.4, -0.2) is 6.36 Å². The van der Waals surface area contributed by atoms with Crippen LogP contribution in [-0.2, 0) is 12.5 Å². The van der Waals surface area contributed by atoms with Crippen LogP contribution in [0.5, 0.6) is 11.5 Å².